The number of para-hydroxylation sites is 1. The Kier molecular flexibility index (Phi) is 3.88. The number of rotatable bonds is 2. The van der Waals surface area contributed by atoms with Crippen LogP contribution in [0.3, 0.4) is 0 Å². The van der Waals surface area contributed by atoms with Gasteiger partial charge in [0.1, 0.15) is 5.69 Å². The van der Waals surface area contributed by atoms with Crippen molar-refractivity contribution in [1.29, 1.82) is 0 Å². The first-order valence-corrected chi connectivity index (χ1v) is 6.44. The molecule has 2 aromatic rings. The summed E-state index contributed by atoms with van der Waals surface area (Å²) in [7, 11) is 0. The number of nitrogens with two attached hydrogens (primary N) is 1. The molecule has 0 fully saturated rings. The van der Waals surface area contributed by atoms with Crippen molar-refractivity contribution < 1.29 is 13.2 Å². The Bertz CT molecular complexity index is 644. The summed E-state index contributed by atoms with van der Waals surface area (Å²) in [6.45, 7) is 1.77. The molecule has 0 aliphatic carbocycles. The van der Waals surface area contributed by atoms with Gasteiger partial charge in [0.05, 0.1) is 14.9 Å². The summed E-state index contributed by atoms with van der Waals surface area (Å²) in [4.78, 5) is 0. The molecule has 0 saturated carbocycles. The molecule has 2 aromatic carbocycles. The van der Waals surface area contributed by atoms with Crippen LogP contribution in [0.25, 0.3) is 0 Å². The van der Waals surface area contributed by atoms with Gasteiger partial charge in [0.2, 0.25) is 0 Å². The van der Waals surface area contributed by atoms with Gasteiger partial charge in [-0.05, 0) is 47.2 Å². The van der Waals surface area contributed by atoms with Gasteiger partial charge in [-0.25, -0.2) is 13.2 Å². The molecule has 2 rings (SSSR count). The monoisotopic (exact) mass is 378 g/mol. The maximum atomic E-state index is 13.7. The van der Waals surface area contributed by atoms with E-state index in [4.69, 9.17) is 5.73 Å². The van der Waals surface area contributed by atoms with Crippen LogP contribution in [0.1, 0.15) is 5.56 Å². The maximum Gasteiger partial charge on any atom is 0.186 e. The Morgan fingerprint density at radius 3 is 2.53 bits per heavy atom. The van der Waals surface area contributed by atoms with Gasteiger partial charge in [0.15, 0.2) is 17.5 Å². The zero-order valence-corrected chi connectivity index (χ0v) is 12.1. The van der Waals surface area contributed by atoms with E-state index < -0.39 is 23.1 Å². The first-order chi connectivity index (χ1) is 8.91. The molecule has 0 atom stereocenters. The minimum atomic E-state index is -1.26. The standard InChI is InChI=1S/C13H10F3IN2/c1-6-3-2-4-9(12(6)18)19-13-7(14)5-8(17)10(15)11(13)16/h2-5,19H,18H2,1H3. The minimum Gasteiger partial charge on any atom is -0.397 e. The van der Waals surface area contributed by atoms with Crippen molar-refractivity contribution >= 4 is 39.7 Å². The second kappa shape index (κ2) is 5.28. The van der Waals surface area contributed by atoms with Crippen LogP contribution < -0.4 is 11.1 Å². The van der Waals surface area contributed by atoms with Gasteiger partial charge in [0, 0.05) is 0 Å². The lowest BCUT2D eigenvalue weighted by atomic mass is 10.1. The lowest BCUT2D eigenvalue weighted by Crippen LogP contribution is -2.04. The average Bonchev–Trinajstić information content (AvgIpc) is 2.37. The fourth-order valence-corrected chi connectivity index (χ4v) is 2.12. The summed E-state index contributed by atoms with van der Waals surface area (Å²) in [5.74, 6) is -3.22. The topological polar surface area (TPSA) is 38.0 Å². The SMILES string of the molecule is Cc1cccc(Nc2c(F)cc(I)c(F)c2F)c1N. The highest BCUT2D eigenvalue weighted by molar-refractivity contribution is 14.1. The molecule has 0 aliphatic rings. The molecular formula is C13H10F3IN2. The summed E-state index contributed by atoms with van der Waals surface area (Å²) >= 11 is 1.53. The average molecular weight is 378 g/mol. The van der Waals surface area contributed by atoms with Crippen LogP contribution >= 0.6 is 22.6 Å². The van der Waals surface area contributed by atoms with E-state index in [1.54, 1.807) is 25.1 Å². The second-order valence-electron chi connectivity index (χ2n) is 4.00. The number of halogens is 4. The first-order valence-electron chi connectivity index (χ1n) is 5.37. The van der Waals surface area contributed by atoms with E-state index >= 15 is 0 Å². The molecule has 0 amide bonds. The highest BCUT2D eigenvalue weighted by atomic mass is 127. The van der Waals surface area contributed by atoms with Crippen molar-refractivity contribution in [1.82, 2.24) is 0 Å². The van der Waals surface area contributed by atoms with Gasteiger partial charge in [-0.2, -0.15) is 0 Å². The van der Waals surface area contributed by atoms with Gasteiger partial charge < -0.3 is 11.1 Å². The predicted molar refractivity (Wildman–Crippen MR) is 77.9 cm³/mol. The van der Waals surface area contributed by atoms with E-state index in [1.165, 1.54) is 22.6 Å². The van der Waals surface area contributed by atoms with E-state index in [9.17, 15) is 13.2 Å². The van der Waals surface area contributed by atoms with Crippen LogP contribution in [-0.4, -0.2) is 0 Å². The quantitative estimate of drug-likeness (QED) is 0.353. The van der Waals surface area contributed by atoms with Gasteiger partial charge in [0.25, 0.3) is 0 Å². The predicted octanol–water partition coefficient (Wildman–Crippen LogP) is 4.34. The zero-order valence-electron chi connectivity index (χ0n) is 9.90. The lowest BCUT2D eigenvalue weighted by Gasteiger charge is -2.13. The molecule has 0 heterocycles. The normalized spacial score (nSPS) is 10.6. The third kappa shape index (κ3) is 2.63. The van der Waals surface area contributed by atoms with Crippen molar-refractivity contribution in [2.24, 2.45) is 0 Å². The molecule has 100 valence electrons. The summed E-state index contributed by atoms with van der Waals surface area (Å²) < 4.78 is 40.7. The van der Waals surface area contributed by atoms with Crippen LogP contribution in [0.4, 0.5) is 30.2 Å². The number of benzene rings is 2. The zero-order chi connectivity index (χ0) is 14.2. The Morgan fingerprint density at radius 2 is 1.84 bits per heavy atom. The molecule has 0 saturated heterocycles. The van der Waals surface area contributed by atoms with E-state index in [-0.39, 0.29) is 3.57 Å². The summed E-state index contributed by atoms with van der Waals surface area (Å²) in [6.07, 6.45) is 0. The Labute approximate surface area is 122 Å². The van der Waals surface area contributed by atoms with Crippen LogP contribution in [0, 0.1) is 27.9 Å². The molecule has 3 N–H and O–H groups in total. The Morgan fingerprint density at radius 1 is 1.16 bits per heavy atom. The summed E-state index contributed by atoms with van der Waals surface area (Å²) in [6, 6.07) is 5.94. The number of anilines is 3. The molecule has 0 radical (unpaired) electrons. The van der Waals surface area contributed by atoms with Crippen LogP contribution in [0.2, 0.25) is 0 Å². The lowest BCUT2D eigenvalue weighted by molar-refractivity contribution is 0.494. The van der Waals surface area contributed by atoms with E-state index in [0.717, 1.165) is 11.6 Å². The molecule has 0 bridgehead atoms. The largest absolute Gasteiger partial charge is 0.397 e. The third-order valence-corrected chi connectivity index (χ3v) is 3.48. The molecule has 6 heteroatoms. The van der Waals surface area contributed by atoms with Gasteiger partial charge in [-0.1, -0.05) is 12.1 Å². The third-order valence-electron chi connectivity index (χ3n) is 2.70. The molecule has 2 nitrogen and oxygen atoms in total. The fourth-order valence-electron chi connectivity index (χ4n) is 1.61. The van der Waals surface area contributed by atoms with Crippen molar-refractivity contribution in [3.05, 3.63) is 50.9 Å². The highest BCUT2D eigenvalue weighted by Gasteiger charge is 2.18. The molecule has 19 heavy (non-hydrogen) atoms. The van der Waals surface area contributed by atoms with E-state index in [0.29, 0.717) is 11.4 Å². The van der Waals surface area contributed by atoms with Crippen LogP contribution in [0.15, 0.2) is 24.3 Å². The second-order valence-corrected chi connectivity index (χ2v) is 5.17. The minimum absolute atomic E-state index is 0.115. The number of nitrogens with one attached hydrogen (secondary N) is 1. The number of nitrogen functional groups attached to an aromatic ring is 1. The van der Waals surface area contributed by atoms with E-state index in [2.05, 4.69) is 5.32 Å². The van der Waals surface area contributed by atoms with Crippen molar-refractivity contribution in [2.75, 3.05) is 11.1 Å². The van der Waals surface area contributed by atoms with Crippen molar-refractivity contribution in [2.45, 2.75) is 6.92 Å². The number of hydrogen-bond acceptors (Lipinski definition) is 2. The maximum absolute atomic E-state index is 13.7. The van der Waals surface area contributed by atoms with Crippen LogP contribution in [-0.2, 0) is 0 Å². The Balaban J connectivity index is 2.50. The van der Waals surface area contributed by atoms with Gasteiger partial charge >= 0.3 is 0 Å². The Hall–Kier alpha value is -1.44. The smallest absolute Gasteiger partial charge is 0.186 e. The molecular weight excluding hydrogens is 368 g/mol. The highest BCUT2D eigenvalue weighted by Crippen LogP contribution is 2.31. The molecule has 0 aliphatic heterocycles. The molecule has 0 spiro atoms. The van der Waals surface area contributed by atoms with Crippen LogP contribution in [0.5, 0.6) is 0 Å². The van der Waals surface area contributed by atoms with Gasteiger partial charge in [-0.15, -0.1) is 0 Å². The summed E-state index contributed by atoms with van der Waals surface area (Å²) in [5, 5.41) is 2.50. The van der Waals surface area contributed by atoms with Gasteiger partial charge in [-0.3, -0.25) is 0 Å². The van der Waals surface area contributed by atoms with Crippen molar-refractivity contribution in [3.8, 4) is 0 Å². The number of hydrogen-bond donors (Lipinski definition) is 2. The first kappa shape index (κ1) is 14.0. The summed E-state index contributed by atoms with van der Waals surface area (Å²) in [5.41, 5.74) is 6.70. The molecule has 0 aromatic heterocycles. The van der Waals surface area contributed by atoms with Crippen molar-refractivity contribution in [3.63, 3.8) is 0 Å². The fraction of sp³-hybridized carbons (Fsp3) is 0.0769. The van der Waals surface area contributed by atoms with E-state index in [1.807, 2.05) is 0 Å². The number of aryl methyl sites for hydroxylation is 1. The molecule has 0 unspecified atom stereocenters.